The first-order chi connectivity index (χ1) is 6.96. The van der Waals surface area contributed by atoms with Crippen molar-refractivity contribution >= 4 is 16.2 Å². The Morgan fingerprint density at radius 2 is 2.20 bits per heavy atom. The molecule has 0 bridgehead atoms. The van der Waals surface area contributed by atoms with Gasteiger partial charge in [0.25, 0.3) is 10.2 Å². The number of ether oxygens (including phenoxy) is 1. The van der Waals surface area contributed by atoms with Crippen LogP contribution in [-0.4, -0.2) is 37.9 Å². The molecule has 0 aromatic carbocycles. The molecule has 2 N–H and O–H groups in total. The lowest BCUT2D eigenvalue weighted by molar-refractivity contribution is -0.148. The highest BCUT2D eigenvalue weighted by Crippen LogP contribution is 2.19. The van der Waals surface area contributed by atoms with E-state index in [1.54, 1.807) is 6.92 Å². The number of nitrogens with zero attached hydrogens (tertiary/aromatic N) is 1. The molecule has 1 atom stereocenters. The maximum Gasteiger partial charge on any atom is 0.324 e. The van der Waals surface area contributed by atoms with E-state index in [0.29, 0.717) is 13.0 Å². The number of carbonyl (C=O) groups is 1. The van der Waals surface area contributed by atoms with Gasteiger partial charge in [-0.05, 0) is 26.2 Å². The molecule has 88 valence electrons. The molecule has 0 radical (unpaired) electrons. The van der Waals surface area contributed by atoms with Crippen molar-refractivity contribution in [2.75, 3.05) is 13.2 Å². The molecule has 1 aliphatic heterocycles. The molecular formula is C8H16N2O4S. The number of rotatable bonds is 3. The summed E-state index contributed by atoms with van der Waals surface area (Å²) < 4.78 is 28.2. The highest BCUT2D eigenvalue weighted by molar-refractivity contribution is 7.86. The predicted molar refractivity (Wildman–Crippen MR) is 54.1 cm³/mol. The van der Waals surface area contributed by atoms with Crippen LogP contribution in [0.4, 0.5) is 0 Å². The summed E-state index contributed by atoms with van der Waals surface area (Å²) in [5.74, 6) is -0.508. The summed E-state index contributed by atoms with van der Waals surface area (Å²) in [5, 5.41) is 5.02. The van der Waals surface area contributed by atoms with Crippen molar-refractivity contribution in [2.45, 2.75) is 32.2 Å². The third kappa shape index (κ3) is 3.15. The summed E-state index contributed by atoms with van der Waals surface area (Å²) in [6.07, 6.45) is 2.02. The van der Waals surface area contributed by atoms with Crippen LogP contribution in [0.1, 0.15) is 26.2 Å². The van der Waals surface area contributed by atoms with E-state index in [-0.39, 0.29) is 6.61 Å². The quantitative estimate of drug-likeness (QED) is 0.676. The molecule has 7 heteroatoms. The maximum absolute atomic E-state index is 11.5. The minimum atomic E-state index is -3.81. The van der Waals surface area contributed by atoms with Crippen LogP contribution in [0.15, 0.2) is 0 Å². The lowest BCUT2D eigenvalue weighted by Gasteiger charge is -2.31. The zero-order chi connectivity index (χ0) is 11.5. The van der Waals surface area contributed by atoms with Gasteiger partial charge >= 0.3 is 5.97 Å². The van der Waals surface area contributed by atoms with E-state index in [4.69, 9.17) is 9.88 Å². The van der Waals surface area contributed by atoms with E-state index in [1.165, 1.54) is 0 Å². The summed E-state index contributed by atoms with van der Waals surface area (Å²) >= 11 is 0. The number of hydrogen-bond donors (Lipinski definition) is 1. The van der Waals surface area contributed by atoms with E-state index in [2.05, 4.69) is 0 Å². The Hall–Kier alpha value is -0.660. The van der Waals surface area contributed by atoms with Crippen LogP contribution in [0.25, 0.3) is 0 Å². The smallest absolute Gasteiger partial charge is 0.324 e. The first kappa shape index (κ1) is 12.4. The van der Waals surface area contributed by atoms with E-state index < -0.39 is 22.2 Å². The first-order valence-electron chi connectivity index (χ1n) is 4.93. The molecule has 0 aromatic heterocycles. The zero-order valence-electron chi connectivity index (χ0n) is 8.68. The standard InChI is InChI=1S/C8H16N2O4S/c1-2-14-8(11)7-5-3-4-6-10(7)15(9,12)13/h7H,2-6H2,1H3,(H2,9,12,13). The van der Waals surface area contributed by atoms with Crippen LogP contribution in [-0.2, 0) is 19.7 Å². The van der Waals surface area contributed by atoms with Crippen molar-refractivity contribution in [1.29, 1.82) is 0 Å². The van der Waals surface area contributed by atoms with Gasteiger partial charge in [-0.25, -0.2) is 5.14 Å². The van der Waals surface area contributed by atoms with E-state index in [1.807, 2.05) is 0 Å². The Morgan fingerprint density at radius 1 is 1.53 bits per heavy atom. The van der Waals surface area contributed by atoms with Crippen LogP contribution in [0, 0.1) is 0 Å². The monoisotopic (exact) mass is 236 g/mol. The lowest BCUT2D eigenvalue weighted by Crippen LogP contribution is -2.51. The van der Waals surface area contributed by atoms with Crippen molar-refractivity contribution in [2.24, 2.45) is 5.14 Å². The van der Waals surface area contributed by atoms with Crippen LogP contribution >= 0.6 is 0 Å². The summed E-state index contributed by atoms with van der Waals surface area (Å²) in [7, 11) is -3.81. The first-order valence-corrected chi connectivity index (χ1v) is 6.43. The number of piperidine rings is 1. The molecule has 0 amide bonds. The predicted octanol–water partition coefficient (Wildman–Crippen LogP) is -0.392. The number of esters is 1. The van der Waals surface area contributed by atoms with Gasteiger partial charge in [-0.2, -0.15) is 12.7 Å². The normalized spacial score (nSPS) is 23.7. The van der Waals surface area contributed by atoms with Crippen molar-refractivity contribution < 1.29 is 17.9 Å². The summed E-state index contributed by atoms with van der Waals surface area (Å²) in [6.45, 7) is 2.22. The summed E-state index contributed by atoms with van der Waals surface area (Å²) in [5.41, 5.74) is 0. The second kappa shape index (κ2) is 4.91. The highest BCUT2D eigenvalue weighted by Gasteiger charge is 2.35. The number of carbonyl (C=O) groups excluding carboxylic acids is 1. The molecular weight excluding hydrogens is 220 g/mol. The summed E-state index contributed by atoms with van der Waals surface area (Å²) in [6, 6.07) is -0.742. The van der Waals surface area contributed by atoms with Crippen LogP contribution in [0.5, 0.6) is 0 Å². The third-order valence-corrected chi connectivity index (χ3v) is 3.43. The van der Waals surface area contributed by atoms with Crippen molar-refractivity contribution in [3.8, 4) is 0 Å². The molecule has 6 nitrogen and oxygen atoms in total. The summed E-state index contributed by atoms with van der Waals surface area (Å²) in [4.78, 5) is 11.5. The fourth-order valence-corrected chi connectivity index (χ4v) is 2.61. The highest BCUT2D eigenvalue weighted by atomic mass is 32.2. The number of hydrogen-bond acceptors (Lipinski definition) is 4. The van der Waals surface area contributed by atoms with E-state index >= 15 is 0 Å². The fourth-order valence-electron chi connectivity index (χ4n) is 1.68. The van der Waals surface area contributed by atoms with Gasteiger partial charge in [0.2, 0.25) is 0 Å². The molecule has 1 saturated heterocycles. The molecule has 0 aromatic rings. The van der Waals surface area contributed by atoms with Gasteiger partial charge in [0.15, 0.2) is 0 Å². The van der Waals surface area contributed by atoms with Crippen molar-refractivity contribution in [3.63, 3.8) is 0 Å². The Bertz CT molecular complexity index is 328. The molecule has 0 spiro atoms. The minimum Gasteiger partial charge on any atom is -0.465 e. The molecule has 0 saturated carbocycles. The van der Waals surface area contributed by atoms with Crippen molar-refractivity contribution in [1.82, 2.24) is 4.31 Å². The topological polar surface area (TPSA) is 89.7 Å². The molecule has 1 unspecified atom stereocenters. The molecule has 1 aliphatic rings. The Balaban J connectivity index is 2.79. The van der Waals surface area contributed by atoms with Crippen LogP contribution in [0.3, 0.4) is 0 Å². The van der Waals surface area contributed by atoms with Gasteiger partial charge in [0.1, 0.15) is 6.04 Å². The van der Waals surface area contributed by atoms with Gasteiger partial charge in [0.05, 0.1) is 6.61 Å². The van der Waals surface area contributed by atoms with E-state index in [9.17, 15) is 13.2 Å². The average molecular weight is 236 g/mol. The van der Waals surface area contributed by atoms with Gasteiger partial charge in [0, 0.05) is 6.54 Å². The second-order valence-electron chi connectivity index (χ2n) is 3.42. The molecule has 1 heterocycles. The maximum atomic E-state index is 11.5. The second-order valence-corrected chi connectivity index (χ2v) is 4.92. The SMILES string of the molecule is CCOC(=O)C1CCCCN1S(N)(=O)=O. The van der Waals surface area contributed by atoms with Gasteiger partial charge < -0.3 is 4.74 Å². The average Bonchev–Trinajstić information content (AvgIpc) is 2.17. The number of nitrogens with two attached hydrogens (primary N) is 1. The van der Waals surface area contributed by atoms with Crippen LogP contribution in [0.2, 0.25) is 0 Å². The Morgan fingerprint density at radius 3 is 2.73 bits per heavy atom. The Kier molecular flexibility index (Phi) is 4.06. The zero-order valence-corrected chi connectivity index (χ0v) is 9.50. The van der Waals surface area contributed by atoms with Gasteiger partial charge in [-0.1, -0.05) is 0 Å². The lowest BCUT2D eigenvalue weighted by atomic mass is 10.1. The van der Waals surface area contributed by atoms with Gasteiger partial charge in [-0.3, -0.25) is 4.79 Å². The Labute approximate surface area is 89.6 Å². The molecule has 1 fully saturated rings. The van der Waals surface area contributed by atoms with Gasteiger partial charge in [-0.15, -0.1) is 0 Å². The minimum absolute atomic E-state index is 0.244. The van der Waals surface area contributed by atoms with Crippen LogP contribution < -0.4 is 5.14 Å². The largest absolute Gasteiger partial charge is 0.465 e. The fraction of sp³-hybridized carbons (Fsp3) is 0.875. The molecule has 1 rings (SSSR count). The van der Waals surface area contributed by atoms with E-state index in [0.717, 1.165) is 17.1 Å². The molecule has 0 aliphatic carbocycles. The molecule has 15 heavy (non-hydrogen) atoms. The third-order valence-electron chi connectivity index (χ3n) is 2.34. The van der Waals surface area contributed by atoms with Crippen molar-refractivity contribution in [3.05, 3.63) is 0 Å².